The molecule has 3 unspecified atom stereocenters. The molecule has 8 atom stereocenters. The minimum Gasteiger partial charge on any atom is -0.462 e. The molecule has 14 heteroatoms. The summed E-state index contributed by atoms with van der Waals surface area (Å²) >= 11 is 0. The third-order valence-corrected chi connectivity index (χ3v) is 11.7. The molecule has 1 saturated carbocycles. The standard InChI is InChI=1S/C42H81O13P/c1-3-5-7-9-11-13-15-17-19-21-23-25-27-29-31-36(44)54-34(33-53-56(50,51)55-42-40(48)38(46)37(45)39(47)41(42)49)32-52-35(43)30-28-26-24-22-20-18-16-14-12-10-8-6-4-2/h34,37-42,45-49H,3-33H2,1-2H3,(H,50,51)/t34-,37?,38-,39+,40-,41+,42?/m0/s1. The van der Waals surface area contributed by atoms with Crippen LogP contribution in [0.5, 0.6) is 0 Å². The van der Waals surface area contributed by atoms with E-state index in [9.17, 15) is 44.6 Å². The van der Waals surface area contributed by atoms with Gasteiger partial charge in [-0.25, -0.2) is 4.57 Å². The molecule has 1 aliphatic rings. The normalized spacial score (nSPS) is 22.8. The summed E-state index contributed by atoms with van der Waals surface area (Å²) in [4.78, 5) is 35.6. The van der Waals surface area contributed by atoms with Gasteiger partial charge in [-0.1, -0.05) is 174 Å². The maximum absolute atomic E-state index is 12.8. The first kappa shape index (κ1) is 52.9. The Labute approximate surface area is 338 Å². The molecule has 0 amide bonds. The highest BCUT2D eigenvalue weighted by Crippen LogP contribution is 2.47. The van der Waals surface area contributed by atoms with Gasteiger partial charge in [-0.3, -0.25) is 18.6 Å². The van der Waals surface area contributed by atoms with Gasteiger partial charge in [0.25, 0.3) is 0 Å². The van der Waals surface area contributed by atoms with Gasteiger partial charge in [0.15, 0.2) is 6.10 Å². The van der Waals surface area contributed by atoms with Crippen LogP contribution in [0.15, 0.2) is 0 Å². The second-order valence-corrected chi connectivity index (χ2v) is 17.3. The first-order chi connectivity index (χ1) is 26.9. The fraction of sp³-hybridized carbons (Fsp3) is 0.952. The van der Waals surface area contributed by atoms with Crippen molar-refractivity contribution in [3.8, 4) is 0 Å². The summed E-state index contributed by atoms with van der Waals surface area (Å²) in [7, 11) is -5.11. The van der Waals surface area contributed by atoms with E-state index in [4.69, 9.17) is 18.5 Å². The number of phosphoric ester groups is 1. The largest absolute Gasteiger partial charge is 0.472 e. The number of hydrogen-bond acceptors (Lipinski definition) is 12. The molecule has 0 aromatic rings. The van der Waals surface area contributed by atoms with Crippen LogP contribution >= 0.6 is 7.82 Å². The van der Waals surface area contributed by atoms with Gasteiger partial charge in [-0.2, -0.15) is 0 Å². The van der Waals surface area contributed by atoms with E-state index in [0.29, 0.717) is 12.8 Å². The van der Waals surface area contributed by atoms with Crippen LogP contribution in [-0.4, -0.2) is 98.3 Å². The topological polar surface area (TPSA) is 210 Å². The Morgan fingerprint density at radius 1 is 0.482 bits per heavy atom. The average molecular weight is 825 g/mol. The van der Waals surface area contributed by atoms with Crippen molar-refractivity contribution in [1.29, 1.82) is 0 Å². The lowest BCUT2D eigenvalue weighted by molar-refractivity contribution is -0.220. The van der Waals surface area contributed by atoms with Crippen LogP contribution < -0.4 is 0 Å². The summed E-state index contributed by atoms with van der Waals surface area (Å²) in [6.45, 7) is 3.30. The van der Waals surface area contributed by atoms with Gasteiger partial charge in [0, 0.05) is 12.8 Å². The van der Waals surface area contributed by atoms with Gasteiger partial charge >= 0.3 is 19.8 Å². The van der Waals surface area contributed by atoms with Crippen LogP contribution in [0, 0.1) is 0 Å². The number of ether oxygens (including phenoxy) is 2. The molecule has 1 rings (SSSR count). The third kappa shape index (κ3) is 26.1. The molecular weight excluding hydrogens is 743 g/mol. The molecule has 56 heavy (non-hydrogen) atoms. The van der Waals surface area contributed by atoms with Crippen molar-refractivity contribution < 1.29 is 63.1 Å². The molecule has 0 spiro atoms. The minimum atomic E-state index is -5.11. The molecule has 0 heterocycles. The van der Waals surface area contributed by atoms with Crippen LogP contribution in [0.1, 0.15) is 200 Å². The number of aliphatic hydroxyl groups is 5. The van der Waals surface area contributed by atoms with Crippen LogP contribution in [0.4, 0.5) is 0 Å². The molecule has 0 aromatic heterocycles. The van der Waals surface area contributed by atoms with E-state index >= 15 is 0 Å². The highest BCUT2D eigenvalue weighted by Gasteiger charge is 2.51. The molecular formula is C42H81O13P. The monoisotopic (exact) mass is 825 g/mol. The summed E-state index contributed by atoms with van der Waals surface area (Å²) in [5, 5.41) is 50.1. The number of hydrogen-bond donors (Lipinski definition) is 6. The molecule has 0 radical (unpaired) electrons. The lowest BCUT2D eigenvalue weighted by Crippen LogP contribution is -2.64. The Hall–Kier alpha value is -1.15. The molecule has 0 bridgehead atoms. The van der Waals surface area contributed by atoms with E-state index in [1.807, 2.05) is 0 Å². The maximum atomic E-state index is 12.8. The molecule has 1 aliphatic carbocycles. The van der Waals surface area contributed by atoms with Gasteiger partial charge in [0.2, 0.25) is 0 Å². The Kier molecular flexibility index (Phi) is 31.8. The van der Waals surface area contributed by atoms with E-state index in [0.717, 1.165) is 38.5 Å². The van der Waals surface area contributed by atoms with Crippen LogP contribution in [0.25, 0.3) is 0 Å². The average Bonchev–Trinajstić information content (AvgIpc) is 3.18. The second-order valence-electron chi connectivity index (χ2n) is 15.9. The number of esters is 2. The van der Waals surface area contributed by atoms with Gasteiger partial charge < -0.3 is 39.9 Å². The van der Waals surface area contributed by atoms with Crippen LogP contribution in [0.2, 0.25) is 0 Å². The zero-order chi connectivity index (χ0) is 41.4. The van der Waals surface area contributed by atoms with Crippen molar-refractivity contribution in [3.63, 3.8) is 0 Å². The quantitative estimate of drug-likeness (QED) is 0.0199. The number of unbranched alkanes of at least 4 members (excludes halogenated alkanes) is 25. The van der Waals surface area contributed by atoms with E-state index in [-0.39, 0.29) is 12.8 Å². The molecule has 1 fully saturated rings. The van der Waals surface area contributed by atoms with E-state index < -0.39 is 75.7 Å². The SMILES string of the molecule is CCCCCCCCCCCCCCCCC(=O)O[C@@H](COC(=O)CCCCCCCCCCCCCCC)COP(=O)(O)OC1[C@@H](O)[C@@H](O)C(O)[C@@H](O)[C@H]1O. The highest BCUT2D eigenvalue weighted by molar-refractivity contribution is 7.47. The number of phosphoric acid groups is 1. The number of aliphatic hydroxyl groups excluding tert-OH is 5. The predicted molar refractivity (Wildman–Crippen MR) is 217 cm³/mol. The smallest absolute Gasteiger partial charge is 0.462 e. The lowest BCUT2D eigenvalue weighted by Gasteiger charge is -2.41. The summed E-state index contributed by atoms with van der Waals surface area (Å²) in [5.74, 6) is -1.09. The number of carbonyl (C=O) groups excluding carboxylic acids is 2. The number of carbonyl (C=O) groups is 2. The Bertz CT molecular complexity index is 1000. The van der Waals surface area contributed by atoms with Gasteiger partial charge in [0.1, 0.15) is 43.2 Å². The highest BCUT2D eigenvalue weighted by atomic mass is 31.2. The first-order valence-electron chi connectivity index (χ1n) is 22.3. The van der Waals surface area contributed by atoms with Crippen LogP contribution in [0.3, 0.4) is 0 Å². The van der Waals surface area contributed by atoms with E-state index in [1.165, 1.54) is 122 Å². The van der Waals surface area contributed by atoms with Crippen molar-refractivity contribution >= 4 is 19.8 Å². The fourth-order valence-corrected chi connectivity index (χ4v) is 8.03. The molecule has 332 valence electrons. The molecule has 6 N–H and O–H groups in total. The first-order valence-corrected chi connectivity index (χ1v) is 23.8. The van der Waals surface area contributed by atoms with Crippen LogP contribution in [-0.2, 0) is 32.7 Å². The number of rotatable bonds is 37. The van der Waals surface area contributed by atoms with Gasteiger partial charge in [-0.15, -0.1) is 0 Å². The molecule has 0 saturated heterocycles. The predicted octanol–water partition coefficient (Wildman–Crippen LogP) is 8.11. The maximum Gasteiger partial charge on any atom is 0.472 e. The molecule has 13 nitrogen and oxygen atoms in total. The van der Waals surface area contributed by atoms with Crippen molar-refractivity contribution in [2.75, 3.05) is 13.2 Å². The van der Waals surface area contributed by atoms with Crippen molar-refractivity contribution in [2.45, 2.75) is 243 Å². The van der Waals surface area contributed by atoms with Gasteiger partial charge in [-0.05, 0) is 12.8 Å². The van der Waals surface area contributed by atoms with Crippen molar-refractivity contribution in [1.82, 2.24) is 0 Å². The minimum absolute atomic E-state index is 0.104. The fourth-order valence-electron chi connectivity index (χ4n) is 7.05. The van der Waals surface area contributed by atoms with Gasteiger partial charge in [0.05, 0.1) is 6.61 Å². The van der Waals surface area contributed by atoms with Crippen molar-refractivity contribution in [2.24, 2.45) is 0 Å². The van der Waals surface area contributed by atoms with E-state index in [1.54, 1.807) is 0 Å². The summed E-state index contributed by atoms with van der Waals surface area (Å²) < 4.78 is 33.5. The Morgan fingerprint density at radius 3 is 1.18 bits per heavy atom. The second kappa shape index (κ2) is 33.7. The zero-order valence-electron chi connectivity index (χ0n) is 34.9. The summed E-state index contributed by atoms with van der Waals surface area (Å²) in [6.07, 6.45) is 18.7. The zero-order valence-corrected chi connectivity index (χ0v) is 35.8. The summed E-state index contributed by atoms with van der Waals surface area (Å²) in [6, 6.07) is 0. The van der Waals surface area contributed by atoms with E-state index in [2.05, 4.69) is 13.8 Å². The summed E-state index contributed by atoms with van der Waals surface area (Å²) in [5.41, 5.74) is 0. The molecule has 0 aliphatic heterocycles. The lowest BCUT2D eigenvalue weighted by atomic mass is 9.85. The third-order valence-electron chi connectivity index (χ3n) is 10.7. The Balaban J connectivity index is 2.47. The Morgan fingerprint density at radius 2 is 0.804 bits per heavy atom. The van der Waals surface area contributed by atoms with Crippen molar-refractivity contribution in [3.05, 3.63) is 0 Å². The molecule has 0 aromatic carbocycles.